The van der Waals surface area contributed by atoms with Crippen LogP contribution in [0.4, 0.5) is 4.79 Å². The van der Waals surface area contributed by atoms with Gasteiger partial charge in [-0.3, -0.25) is 4.79 Å². The van der Waals surface area contributed by atoms with E-state index < -0.39 is 23.2 Å². The van der Waals surface area contributed by atoms with Crippen molar-refractivity contribution in [2.45, 2.75) is 32.9 Å². The summed E-state index contributed by atoms with van der Waals surface area (Å²) >= 11 is 0. The zero-order chi connectivity index (χ0) is 21.6. The molecule has 1 aromatic carbocycles. The maximum absolute atomic E-state index is 12.4. The lowest BCUT2D eigenvalue weighted by atomic mass is 10.0. The van der Waals surface area contributed by atoms with Gasteiger partial charge in [0.1, 0.15) is 5.75 Å². The third-order valence-electron chi connectivity index (χ3n) is 5.25. The molecule has 9 heteroatoms. The summed E-state index contributed by atoms with van der Waals surface area (Å²) in [6.07, 6.45) is -1.39. The van der Waals surface area contributed by atoms with E-state index in [9.17, 15) is 14.7 Å². The summed E-state index contributed by atoms with van der Waals surface area (Å²) in [4.78, 5) is 25.9. The first-order chi connectivity index (χ1) is 14.3. The quantitative estimate of drug-likeness (QED) is 0.485. The van der Waals surface area contributed by atoms with E-state index in [1.165, 1.54) is 0 Å². The van der Waals surface area contributed by atoms with Crippen molar-refractivity contribution >= 4 is 17.1 Å². The topological polar surface area (TPSA) is 126 Å². The van der Waals surface area contributed by atoms with E-state index >= 15 is 0 Å². The van der Waals surface area contributed by atoms with Crippen molar-refractivity contribution in [3.63, 3.8) is 0 Å². The molecular weight excluding hydrogens is 390 g/mol. The Kier molecular flexibility index (Phi) is 4.90. The average Bonchev–Trinajstić information content (AvgIpc) is 2.87. The number of aromatic amines is 1. The van der Waals surface area contributed by atoms with Gasteiger partial charge in [-0.15, -0.1) is 0 Å². The van der Waals surface area contributed by atoms with Crippen molar-refractivity contribution in [2.75, 3.05) is 6.61 Å². The number of rotatable bonds is 4. The van der Waals surface area contributed by atoms with Crippen LogP contribution in [-0.2, 0) is 20.0 Å². The molecule has 2 aromatic heterocycles. The van der Waals surface area contributed by atoms with Gasteiger partial charge in [0.15, 0.2) is 5.75 Å². The highest BCUT2D eigenvalue weighted by atomic mass is 16.7. The van der Waals surface area contributed by atoms with Crippen molar-refractivity contribution in [3.8, 4) is 28.5 Å². The van der Waals surface area contributed by atoms with Gasteiger partial charge in [-0.1, -0.05) is 13.8 Å². The Hall–Kier alpha value is -3.46. The molecule has 0 fully saturated rings. The smallest absolute Gasteiger partial charge is 0.504 e. The second kappa shape index (κ2) is 7.42. The summed E-state index contributed by atoms with van der Waals surface area (Å²) in [5.41, 5.74) is 2.66. The van der Waals surface area contributed by atoms with Gasteiger partial charge in [-0.25, -0.2) is 4.79 Å². The number of nitrogens with zero attached hydrogens (tertiary/aromatic N) is 1. The van der Waals surface area contributed by atoms with Crippen LogP contribution in [0, 0.1) is 0 Å². The minimum atomic E-state index is -1.67. The van der Waals surface area contributed by atoms with Crippen molar-refractivity contribution in [1.29, 1.82) is 0 Å². The number of fused-ring (bicyclic) bond motifs is 4. The molecule has 0 spiro atoms. The van der Waals surface area contributed by atoms with Gasteiger partial charge in [0.25, 0.3) is 5.56 Å². The highest BCUT2D eigenvalue weighted by Gasteiger charge is 2.26. The van der Waals surface area contributed by atoms with Gasteiger partial charge in [0.2, 0.25) is 5.75 Å². The summed E-state index contributed by atoms with van der Waals surface area (Å²) in [6.45, 7) is 5.13. The first kappa shape index (κ1) is 19.8. The number of nitrogens with one attached hydrogen (secondary N) is 2. The summed E-state index contributed by atoms with van der Waals surface area (Å²) in [5.74, 6) is -0.539. The van der Waals surface area contributed by atoms with E-state index in [0.717, 1.165) is 16.6 Å². The largest absolute Gasteiger partial charge is 0.511 e. The monoisotopic (exact) mass is 413 g/mol. The van der Waals surface area contributed by atoms with Gasteiger partial charge in [0, 0.05) is 54.3 Å². The van der Waals surface area contributed by atoms with E-state index in [1.807, 2.05) is 19.2 Å². The van der Waals surface area contributed by atoms with Gasteiger partial charge in [-0.2, -0.15) is 0 Å². The molecule has 0 atom stereocenters. The van der Waals surface area contributed by atoms with Crippen LogP contribution >= 0.6 is 0 Å². The number of ether oxygens (including phenoxy) is 2. The molecule has 4 N–H and O–H groups in total. The fourth-order valence-corrected chi connectivity index (χ4v) is 3.74. The maximum Gasteiger partial charge on any atom is 0.511 e. The molecule has 3 aromatic rings. The van der Waals surface area contributed by atoms with Crippen molar-refractivity contribution in [2.24, 2.45) is 7.05 Å². The number of carboxylic acid groups (broad SMARTS) is 1. The van der Waals surface area contributed by atoms with Gasteiger partial charge in [0.05, 0.1) is 17.8 Å². The number of pyridine rings is 1. The second-order valence-electron chi connectivity index (χ2n) is 7.59. The van der Waals surface area contributed by atoms with Crippen LogP contribution in [0.25, 0.3) is 22.2 Å². The minimum Gasteiger partial charge on any atom is -0.504 e. The summed E-state index contributed by atoms with van der Waals surface area (Å²) in [7, 11) is 1.99. The highest BCUT2D eigenvalue weighted by Crippen LogP contribution is 2.41. The zero-order valence-corrected chi connectivity index (χ0v) is 16.9. The Labute approximate surface area is 171 Å². The number of H-pyrrole nitrogens is 1. The number of aryl methyl sites for hydroxylation is 1. The lowest BCUT2D eigenvalue weighted by Crippen LogP contribution is -2.22. The van der Waals surface area contributed by atoms with Crippen LogP contribution < -0.4 is 20.3 Å². The average molecular weight is 413 g/mol. The molecule has 30 heavy (non-hydrogen) atoms. The van der Waals surface area contributed by atoms with Crippen LogP contribution in [0.15, 0.2) is 23.0 Å². The SMILES string of the molecule is CC(C)NCc1cc2cc3c(cc2n1C)OCCc1c-3[nH]c(=O)c(OC(=O)O)c1O. The number of aromatic hydroxyl groups is 1. The molecule has 1 aliphatic heterocycles. The summed E-state index contributed by atoms with van der Waals surface area (Å²) in [5, 5.41) is 23.7. The molecule has 0 aliphatic carbocycles. The molecule has 0 radical (unpaired) electrons. The molecule has 0 bridgehead atoms. The van der Waals surface area contributed by atoms with E-state index in [2.05, 4.69) is 39.5 Å². The fourth-order valence-electron chi connectivity index (χ4n) is 3.74. The highest BCUT2D eigenvalue weighted by molar-refractivity contribution is 5.90. The Morgan fingerprint density at radius 1 is 1.37 bits per heavy atom. The Morgan fingerprint density at radius 2 is 2.13 bits per heavy atom. The lowest BCUT2D eigenvalue weighted by molar-refractivity contribution is 0.142. The number of hydrogen-bond donors (Lipinski definition) is 4. The summed E-state index contributed by atoms with van der Waals surface area (Å²) in [6, 6.07) is 6.23. The predicted molar refractivity (Wildman–Crippen MR) is 110 cm³/mol. The van der Waals surface area contributed by atoms with Gasteiger partial charge in [-0.05, 0) is 12.1 Å². The zero-order valence-electron chi connectivity index (χ0n) is 16.9. The molecule has 0 saturated heterocycles. The van der Waals surface area contributed by atoms with Crippen molar-refractivity contribution < 1.29 is 24.5 Å². The molecular formula is C21H23N3O6. The third-order valence-corrected chi connectivity index (χ3v) is 5.25. The molecule has 0 saturated carbocycles. The Bertz CT molecular complexity index is 1210. The van der Waals surface area contributed by atoms with Crippen molar-refractivity contribution in [1.82, 2.24) is 14.9 Å². The van der Waals surface area contributed by atoms with E-state index in [-0.39, 0.29) is 13.0 Å². The second-order valence-corrected chi connectivity index (χ2v) is 7.59. The molecule has 158 valence electrons. The van der Waals surface area contributed by atoms with E-state index in [0.29, 0.717) is 35.2 Å². The van der Waals surface area contributed by atoms with Crippen molar-refractivity contribution in [3.05, 3.63) is 39.8 Å². The lowest BCUT2D eigenvalue weighted by Gasteiger charge is -2.12. The Balaban J connectivity index is 1.88. The minimum absolute atomic E-state index is 0.254. The molecule has 4 rings (SSSR count). The van der Waals surface area contributed by atoms with Crippen LogP contribution in [0.2, 0.25) is 0 Å². The fraction of sp³-hybridized carbons (Fsp3) is 0.333. The molecule has 1 aliphatic rings. The number of aromatic nitrogens is 2. The van der Waals surface area contributed by atoms with Gasteiger partial charge < -0.3 is 34.6 Å². The van der Waals surface area contributed by atoms with Gasteiger partial charge >= 0.3 is 6.16 Å². The maximum atomic E-state index is 12.4. The number of benzene rings is 1. The van der Waals surface area contributed by atoms with Crippen LogP contribution in [0.1, 0.15) is 25.1 Å². The first-order valence-electron chi connectivity index (χ1n) is 9.64. The van der Waals surface area contributed by atoms with Crippen LogP contribution in [0.5, 0.6) is 17.2 Å². The molecule has 3 heterocycles. The molecule has 9 nitrogen and oxygen atoms in total. The predicted octanol–water partition coefficient (Wildman–Crippen LogP) is 2.73. The van der Waals surface area contributed by atoms with Crippen LogP contribution in [0.3, 0.4) is 0 Å². The number of hydrogen-bond acceptors (Lipinski definition) is 6. The van der Waals surface area contributed by atoms with E-state index in [1.54, 1.807) is 0 Å². The normalized spacial score (nSPS) is 12.9. The standard InChI is InChI=1S/C21H23N3O6/c1-10(2)22-9-12-6-11-7-14-16(8-15(11)24(12)3)29-5-4-13-17(14)23-20(26)19(18(13)25)30-21(27)28/h6-8,10,22H,4-5,9H2,1-3H3,(H,27,28)(H2,23,25,26). The number of carbonyl (C=O) groups is 1. The molecule has 0 unspecified atom stereocenters. The first-order valence-corrected chi connectivity index (χ1v) is 9.64. The summed E-state index contributed by atoms with van der Waals surface area (Å²) < 4.78 is 12.5. The molecule has 0 amide bonds. The van der Waals surface area contributed by atoms with Crippen LogP contribution in [-0.4, -0.2) is 38.6 Å². The Morgan fingerprint density at radius 3 is 2.83 bits per heavy atom. The van der Waals surface area contributed by atoms with E-state index in [4.69, 9.17) is 9.84 Å². The third kappa shape index (κ3) is 3.37.